The van der Waals surface area contributed by atoms with Crippen molar-refractivity contribution in [2.75, 3.05) is 13.1 Å². The predicted molar refractivity (Wildman–Crippen MR) is 105 cm³/mol. The summed E-state index contributed by atoms with van der Waals surface area (Å²) < 4.78 is 0. The number of hydrogen-bond donors (Lipinski definition) is 4. The third-order valence-electron chi connectivity index (χ3n) is 4.53. The maximum Gasteiger partial charge on any atom is 0.251 e. The monoisotopic (exact) mass is 360 g/mol. The number of nitrogens with zero attached hydrogens (tertiary/aromatic N) is 1. The third-order valence-corrected chi connectivity index (χ3v) is 4.53. The van der Waals surface area contributed by atoms with Crippen molar-refractivity contribution in [2.24, 2.45) is 4.99 Å². The van der Waals surface area contributed by atoms with Gasteiger partial charge in [-0.15, -0.1) is 0 Å². The Bertz CT molecular complexity index is 595. The fraction of sp³-hybridized carbons (Fsp3) is 0.600. The van der Waals surface area contributed by atoms with E-state index in [4.69, 9.17) is 0 Å². The minimum atomic E-state index is -0.158. The molecule has 0 radical (unpaired) electrons. The molecule has 1 amide bonds. The highest BCUT2D eigenvalue weighted by molar-refractivity contribution is 5.94. The van der Waals surface area contributed by atoms with Crippen molar-refractivity contribution in [1.82, 2.24) is 16.0 Å². The van der Waals surface area contributed by atoms with Gasteiger partial charge >= 0.3 is 0 Å². The van der Waals surface area contributed by atoms with E-state index in [1.165, 1.54) is 0 Å². The highest BCUT2D eigenvalue weighted by atomic mass is 16.3. The molecule has 0 saturated heterocycles. The Labute approximate surface area is 156 Å². The van der Waals surface area contributed by atoms with E-state index in [0.29, 0.717) is 24.7 Å². The molecule has 26 heavy (non-hydrogen) atoms. The van der Waals surface area contributed by atoms with Crippen molar-refractivity contribution in [3.05, 3.63) is 35.4 Å². The number of aliphatic hydroxyl groups excluding tert-OH is 1. The molecule has 0 unspecified atom stereocenters. The number of benzene rings is 1. The minimum absolute atomic E-state index is 0.0384. The molecule has 2 rings (SSSR count). The van der Waals surface area contributed by atoms with Gasteiger partial charge in [0.1, 0.15) is 0 Å². The lowest BCUT2D eigenvalue weighted by Crippen LogP contribution is -2.45. The molecule has 1 aliphatic carbocycles. The van der Waals surface area contributed by atoms with Gasteiger partial charge in [-0.2, -0.15) is 0 Å². The van der Waals surface area contributed by atoms with E-state index in [2.05, 4.69) is 20.9 Å². The van der Waals surface area contributed by atoms with Crippen LogP contribution in [-0.2, 0) is 6.54 Å². The van der Waals surface area contributed by atoms with Gasteiger partial charge in [-0.05, 0) is 56.7 Å². The first-order valence-corrected chi connectivity index (χ1v) is 9.72. The van der Waals surface area contributed by atoms with Crippen molar-refractivity contribution in [2.45, 2.75) is 64.6 Å². The normalized spacial score (nSPS) is 20.5. The lowest BCUT2D eigenvalue weighted by atomic mass is 9.93. The third kappa shape index (κ3) is 6.67. The number of aliphatic imine (C=N–C) groups is 1. The molecule has 1 aliphatic rings. The summed E-state index contributed by atoms with van der Waals surface area (Å²) in [5.41, 5.74) is 1.68. The molecule has 6 heteroatoms. The second-order valence-corrected chi connectivity index (χ2v) is 6.80. The van der Waals surface area contributed by atoms with Gasteiger partial charge in [0, 0.05) is 24.7 Å². The number of carbonyl (C=O) groups excluding carboxylic acids is 1. The SMILES string of the molecule is CCCNC(=O)c1cccc(CN=C(NCC)NC2CCC(O)CC2)c1. The number of nitrogens with one attached hydrogen (secondary N) is 3. The average molecular weight is 361 g/mol. The van der Waals surface area contributed by atoms with Crippen LogP contribution in [0.4, 0.5) is 0 Å². The first-order chi connectivity index (χ1) is 12.6. The van der Waals surface area contributed by atoms with E-state index in [0.717, 1.165) is 50.2 Å². The molecule has 0 atom stereocenters. The van der Waals surface area contributed by atoms with Gasteiger partial charge in [-0.3, -0.25) is 4.79 Å². The number of guanidine groups is 1. The summed E-state index contributed by atoms with van der Waals surface area (Å²) in [4.78, 5) is 16.8. The van der Waals surface area contributed by atoms with Crippen LogP contribution in [0.1, 0.15) is 61.9 Å². The average Bonchev–Trinajstić information content (AvgIpc) is 2.66. The van der Waals surface area contributed by atoms with Crippen LogP contribution in [0.15, 0.2) is 29.3 Å². The minimum Gasteiger partial charge on any atom is -0.393 e. The van der Waals surface area contributed by atoms with E-state index in [1.807, 2.05) is 38.1 Å². The topological polar surface area (TPSA) is 85.8 Å². The summed E-state index contributed by atoms with van der Waals surface area (Å²) in [6.07, 6.45) is 4.36. The van der Waals surface area contributed by atoms with Gasteiger partial charge in [0.2, 0.25) is 0 Å². The fourth-order valence-electron chi connectivity index (χ4n) is 3.06. The quantitative estimate of drug-likeness (QED) is 0.443. The molecule has 0 spiro atoms. The molecule has 1 fully saturated rings. The van der Waals surface area contributed by atoms with E-state index >= 15 is 0 Å². The highest BCUT2D eigenvalue weighted by Gasteiger charge is 2.19. The molecule has 1 aromatic rings. The Morgan fingerprint density at radius 3 is 2.65 bits per heavy atom. The van der Waals surface area contributed by atoms with Crippen LogP contribution in [0.5, 0.6) is 0 Å². The van der Waals surface area contributed by atoms with Gasteiger partial charge in [-0.25, -0.2) is 4.99 Å². The molecule has 1 saturated carbocycles. The number of carbonyl (C=O) groups is 1. The van der Waals surface area contributed by atoms with Crippen LogP contribution in [0.25, 0.3) is 0 Å². The molecular weight excluding hydrogens is 328 g/mol. The van der Waals surface area contributed by atoms with Crippen molar-refractivity contribution in [3.63, 3.8) is 0 Å². The summed E-state index contributed by atoms with van der Waals surface area (Å²) in [7, 11) is 0. The smallest absolute Gasteiger partial charge is 0.251 e. The number of rotatable bonds is 7. The Hall–Kier alpha value is -2.08. The van der Waals surface area contributed by atoms with Crippen LogP contribution in [0, 0.1) is 0 Å². The molecule has 0 heterocycles. The fourth-order valence-corrected chi connectivity index (χ4v) is 3.06. The van der Waals surface area contributed by atoms with Crippen LogP contribution in [0.3, 0.4) is 0 Å². The summed E-state index contributed by atoms with van der Waals surface area (Å²) in [6.45, 7) is 6.07. The molecular formula is C20H32N4O2. The number of aliphatic hydroxyl groups is 1. The molecule has 1 aromatic carbocycles. The zero-order valence-electron chi connectivity index (χ0n) is 15.9. The Morgan fingerprint density at radius 2 is 1.96 bits per heavy atom. The van der Waals surface area contributed by atoms with E-state index in [-0.39, 0.29) is 12.0 Å². The Balaban J connectivity index is 1.96. The van der Waals surface area contributed by atoms with E-state index in [1.54, 1.807) is 0 Å². The molecule has 0 aromatic heterocycles. The zero-order chi connectivity index (χ0) is 18.8. The molecule has 0 bridgehead atoms. The van der Waals surface area contributed by atoms with Gasteiger partial charge in [-0.1, -0.05) is 19.1 Å². The maximum absolute atomic E-state index is 12.1. The van der Waals surface area contributed by atoms with Gasteiger partial charge in [0.05, 0.1) is 12.6 Å². The lowest BCUT2D eigenvalue weighted by molar-refractivity contribution is 0.0953. The van der Waals surface area contributed by atoms with Crippen molar-refractivity contribution in [1.29, 1.82) is 0 Å². The van der Waals surface area contributed by atoms with Gasteiger partial charge in [0.25, 0.3) is 5.91 Å². The lowest BCUT2D eigenvalue weighted by Gasteiger charge is -2.27. The molecule has 0 aliphatic heterocycles. The Kier molecular flexibility index (Phi) is 8.41. The predicted octanol–water partition coefficient (Wildman–Crippen LogP) is 2.18. The second-order valence-electron chi connectivity index (χ2n) is 6.80. The first-order valence-electron chi connectivity index (χ1n) is 9.72. The van der Waals surface area contributed by atoms with Crippen molar-refractivity contribution < 1.29 is 9.90 Å². The molecule has 144 valence electrons. The van der Waals surface area contributed by atoms with Crippen LogP contribution in [-0.4, -0.2) is 42.2 Å². The van der Waals surface area contributed by atoms with Crippen molar-refractivity contribution in [3.8, 4) is 0 Å². The maximum atomic E-state index is 12.1. The summed E-state index contributed by atoms with van der Waals surface area (Å²) in [6, 6.07) is 7.96. The standard InChI is InChI=1S/C20H32N4O2/c1-3-12-22-19(26)16-7-5-6-15(13-16)14-23-20(21-4-2)24-17-8-10-18(25)11-9-17/h5-7,13,17-18,25H,3-4,8-12,14H2,1-2H3,(H,22,26)(H2,21,23,24). The number of hydrogen-bond acceptors (Lipinski definition) is 3. The van der Waals surface area contributed by atoms with Gasteiger partial charge < -0.3 is 21.1 Å². The Morgan fingerprint density at radius 1 is 1.19 bits per heavy atom. The largest absolute Gasteiger partial charge is 0.393 e. The summed E-state index contributed by atoms with van der Waals surface area (Å²) in [5.74, 6) is 0.748. The molecule has 4 N–H and O–H groups in total. The van der Waals surface area contributed by atoms with E-state index < -0.39 is 0 Å². The van der Waals surface area contributed by atoms with Crippen LogP contribution in [0.2, 0.25) is 0 Å². The highest BCUT2D eigenvalue weighted by Crippen LogP contribution is 2.18. The van der Waals surface area contributed by atoms with Crippen molar-refractivity contribution >= 4 is 11.9 Å². The summed E-state index contributed by atoms with van der Waals surface area (Å²) >= 11 is 0. The van der Waals surface area contributed by atoms with Crippen LogP contribution >= 0.6 is 0 Å². The number of amides is 1. The molecule has 6 nitrogen and oxygen atoms in total. The summed E-state index contributed by atoms with van der Waals surface area (Å²) in [5, 5.41) is 19.3. The zero-order valence-corrected chi connectivity index (χ0v) is 15.9. The van der Waals surface area contributed by atoms with Gasteiger partial charge in [0.15, 0.2) is 5.96 Å². The first kappa shape index (κ1) is 20.2. The van der Waals surface area contributed by atoms with Crippen LogP contribution < -0.4 is 16.0 Å². The van der Waals surface area contributed by atoms with E-state index in [9.17, 15) is 9.90 Å². The second kappa shape index (κ2) is 10.8.